The smallest absolute Gasteiger partial charge is 0.146 e. The number of rotatable bonds is 5. The molecule has 0 unspecified atom stereocenters. The highest BCUT2D eigenvalue weighted by Crippen LogP contribution is 2.17. The van der Waals surface area contributed by atoms with Gasteiger partial charge in [-0.15, -0.1) is 0 Å². The van der Waals surface area contributed by atoms with Gasteiger partial charge in [-0.2, -0.15) is 0 Å². The number of para-hydroxylation sites is 2. The van der Waals surface area contributed by atoms with Gasteiger partial charge in [0.15, 0.2) is 0 Å². The maximum atomic E-state index is 13.5. The molecule has 2 aromatic rings. The Labute approximate surface area is 111 Å². The van der Waals surface area contributed by atoms with Crippen LogP contribution in [-0.2, 0) is 0 Å². The van der Waals surface area contributed by atoms with Crippen molar-refractivity contribution >= 4 is 11.4 Å². The lowest BCUT2D eigenvalue weighted by Gasteiger charge is -2.20. The van der Waals surface area contributed by atoms with E-state index in [1.165, 1.54) is 12.1 Å². The molecule has 0 fully saturated rings. The Morgan fingerprint density at radius 3 is 2.26 bits per heavy atom. The van der Waals surface area contributed by atoms with Crippen molar-refractivity contribution < 1.29 is 8.78 Å². The van der Waals surface area contributed by atoms with Crippen molar-refractivity contribution in [2.75, 3.05) is 30.4 Å². The van der Waals surface area contributed by atoms with E-state index in [4.69, 9.17) is 0 Å². The SMILES string of the molecule is CN(CCNc1ccccc1F)c1ccccc1F. The van der Waals surface area contributed by atoms with Gasteiger partial charge in [0.2, 0.25) is 0 Å². The van der Waals surface area contributed by atoms with Crippen molar-refractivity contribution in [1.29, 1.82) is 0 Å². The molecule has 0 heterocycles. The molecule has 2 aromatic carbocycles. The second-order valence-electron chi connectivity index (χ2n) is 4.28. The third-order valence-electron chi connectivity index (χ3n) is 2.90. The van der Waals surface area contributed by atoms with Crippen LogP contribution in [0.2, 0.25) is 0 Å². The average Bonchev–Trinajstić information content (AvgIpc) is 2.41. The van der Waals surface area contributed by atoms with Gasteiger partial charge in [-0.3, -0.25) is 0 Å². The maximum absolute atomic E-state index is 13.5. The lowest BCUT2D eigenvalue weighted by Crippen LogP contribution is -2.25. The van der Waals surface area contributed by atoms with Crippen LogP contribution in [0.1, 0.15) is 0 Å². The van der Waals surface area contributed by atoms with Crippen molar-refractivity contribution in [2.24, 2.45) is 0 Å². The molecule has 4 heteroatoms. The molecule has 2 rings (SSSR count). The van der Waals surface area contributed by atoms with Gasteiger partial charge in [0.1, 0.15) is 11.6 Å². The quantitative estimate of drug-likeness (QED) is 0.887. The third kappa shape index (κ3) is 3.44. The van der Waals surface area contributed by atoms with Crippen LogP contribution in [0.5, 0.6) is 0 Å². The normalized spacial score (nSPS) is 10.3. The molecule has 0 aliphatic rings. The molecule has 0 spiro atoms. The van der Waals surface area contributed by atoms with Crippen molar-refractivity contribution in [3.8, 4) is 0 Å². The van der Waals surface area contributed by atoms with E-state index in [1.807, 2.05) is 0 Å². The van der Waals surface area contributed by atoms with Crippen LogP contribution in [0.3, 0.4) is 0 Å². The first-order chi connectivity index (χ1) is 9.18. The topological polar surface area (TPSA) is 15.3 Å². The van der Waals surface area contributed by atoms with E-state index in [0.717, 1.165) is 0 Å². The summed E-state index contributed by atoms with van der Waals surface area (Å²) in [5, 5.41) is 2.99. The van der Waals surface area contributed by atoms with Crippen LogP contribution in [0, 0.1) is 11.6 Å². The summed E-state index contributed by atoms with van der Waals surface area (Å²) in [5.41, 5.74) is 1.00. The van der Waals surface area contributed by atoms with Crippen LogP contribution < -0.4 is 10.2 Å². The first-order valence-corrected chi connectivity index (χ1v) is 6.12. The standard InChI is InChI=1S/C15H16F2N2/c1-19(15-9-5-3-7-13(15)17)11-10-18-14-8-4-2-6-12(14)16/h2-9,18H,10-11H2,1H3. The summed E-state index contributed by atoms with van der Waals surface area (Å²) >= 11 is 0. The van der Waals surface area contributed by atoms with Gasteiger partial charge in [0, 0.05) is 20.1 Å². The minimum Gasteiger partial charge on any atom is -0.381 e. The first-order valence-electron chi connectivity index (χ1n) is 6.12. The molecular formula is C15H16F2N2. The number of likely N-dealkylation sites (N-methyl/N-ethyl adjacent to an activating group) is 1. The summed E-state index contributed by atoms with van der Waals surface area (Å²) in [4.78, 5) is 1.79. The predicted octanol–water partition coefficient (Wildman–Crippen LogP) is 3.51. The van der Waals surface area contributed by atoms with Crippen LogP contribution in [0.15, 0.2) is 48.5 Å². The minimum atomic E-state index is -0.281. The minimum absolute atomic E-state index is 0.254. The second-order valence-corrected chi connectivity index (χ2v) is 4.28. The summed E-state index contributed by atoms with van der Waals surface area (Å²) in [6.45, 7) is 1.11. The monoisotopic (exact) mass is 262 g/mol. The Hall–Kier alpha value is -2.10. The summed E-state index contributed by atoms with van der Waals surface area (Å²) in [7, 11) is 1.81. The Bertz CT molecular complexity index is 543. The molecule has 0 saturated carbocycles. The summed E-state index contributed by atoms with van der Waals surface area (Å²) in [6, 6.07) is 13.1. The van der Waals surface area contributed by atoms with Crippen LogP contribution >= 0.6 is 0 Å². The van der Waals surface area contributed by atoms with Crippen molar-refractivity contribution in [2.45, 2.75) is 0 Å². The molecule has 0 atom stereocenters. The van der Waals surface area contributed by atoms with Gasteiger partial charge in [-0.25, -0.2) is 8.78 Å². The van der Waals surface area contributed by atoms with Crippen LogP contribution in [0.4, 0.5) is 20.2 Å². The maximum Gasteiger partial charge on any atom is 0.146 e. The van der Waals surface area contributed by atoms with E-state index in [9.17, 15) is 8.78 Å². The molecule has 0 radical (unpaired) electrons. The van der Waals surface area contributed by atoms with Crippen molar-refractivity contribution in [1.82, 2.24) is 0 Å². The molecule has 0 aliphatic heterocycles. The van der Waals surface area contributed by atoms with Crippen LogP contribution in [-0.4, -0.2) is 20.1 Å². The molecule has 0 amide bonds. The van der Waals surface area contributed by atoms with E-state index in [2.05, 4.69) is 5.32 Å². The first kappa shape index (κ1) is 13.3. The largest absolute Gasteiger partial charge is 0.381 e. The van der Waals surface area contributed by atoms with Gasteiger partial charge in [-0.05, 0) is 24.3 Å². The lowest BCUT2D eigenvalue weighted by molar-refractivity contribution is 0.621. The predicted molar refractivity (Wildman–Crippen MR) is 74.6 cm³/mol. The molecule has 0 aromatic heterocycles. The number of nitrogens with one attached hydrogen (secondary N) is 1. The fourth-order valence-electron chi connectivity index (χ4n) is 1.84. The molecule has 0 bridgehead atoms. The van der Waals surface area contributed by atoms with E-state index in [1.54, 1.807) is 48.3 Å². The van der Waals surface area contributed by atoms with Gasteiger partial charge >= 0.3 is 0 Å². The average molecular weight is 262 g/mol. The summed E-state index contributed by atoms with van der Waals surface area (Å²) in [5.74, 6) is -0.535. The Morgan fingerprint density at radius 1 is 0.947 bits per heavy atom. The summed E-state index contributed by atoms with van der Waals surface area (Å²) < 4.78 is 26.9. The fourth-order valence-corrected chi connectivity index (χ4v) is 1.84. The third-order valence-corrected chi connectivity index (χ3v) is 2.90. The molecule has 1 N–H and O–H groups in total. The molecule has 19 heavy (non-hydrogen) atoms. The van der Waals surface area contributed by atoms with Crippen molar-refractivity contribution in [3.63, 3.8) is 0 Å². The highest BCUT2D eigenvalue weighted by molar-refractivity contribution is 5.48. The zero-order chi connectivity index (χ0) is 13.7. The van der Waals surface area contributed by atoms with E-state index >= 15 is 0 Å². The van der Waals surface area contributed by atoms with E-state index in [0.29, 0.717) is 24.5 Å². The number of nitrogens with zero attached hydrogens (tertiary/aromatic N) is 1. The van der Waals surface area contributed by atoms with Gasteiger partial charge in [0.25, 0.3) is 0 Å². The Balaban J connectivity index is 1.90. The highest BCUT2D eigenvalue weighted by Gasteiger charge is 2.06. The molecule has 100 valence electrons. The zero-order valence-electron chi connectivity index (χ0n) is 10.7. The van der Waals surface area contributed by atoms with Gasteiger partial charge < -0.3 is 10.2 Å². The molecule has 0 aliphatic carbocycles. The van der Waals surface area contributed by atoms with E-state index in [-0.39, 0.29) is 11.6 Å². The Kier molecular flexibility index (Phi) is 4.34. The summed E-state index contributed by atoms with van der Waals surface area (Å²) in [6.07, 6.45) is 0. The molecule has 2 nitrogen and oxygen atoms in total. The number of halogens is 2. The van der Waals surface area contributed by atoms with E-state index < -0.39 is 0 Å². The highest BCUT2D eigenvalue weighted by atomic mass is 19.1. The lowest BCUT2D eigenvalue weighted by atomic mass is 10.2. The second kappa shape index (κ2) is 6.18. The molecule has 0 saturated heterocycles. The van der Waals surface area contributed by atoms with Crippen LogP contribution in [0.25, 0.3) is 0 Å². The number of hydrogen-bond donors (Lipinski definition) is 1. The van der Waals surface area contributed by atoms with Gasteiger partial charge in [-0.1, -0.05) is 24.3 Å². The number of benzene rings is 2. The zero-order valence-corrected chi connectivity index (χ0v) is 10.7. The van der Waals surface area contributed by atoms with Gasteiger partial charge in [0.05, 0.1) is 11.4 Å². The number of anilines is 2. The Morgan fingerprint density at radius 2 is 1.58 bits per heavy atom. The molecular weight excluding hydrogens is 246 g/mol. The van der Waals surface area contributed by atoms with Crippen molar-refractivity contribution in [3.05, 3.63) is 60.2 Å². The number of hydrogen-bond acceptors (Lipinski definition) is 2. The fraction of sp³-hybridized carbons (Fsp3) is 0.200.